The molecule has 5 heteroatoms. The topological polar surface area (TPSA) is 59.6 Å². The molecular weight excluding hydrogens is 256 g/mol. The first kappa shape index (κ1) is 14.8. The number of hydrogen-bond acceptors (Lipinski definition) is 4. The molecule has 0 saturated carbocycles. The Morgan fingerprint density at radius 3 is 3.10 bits per heavy atom. The second-order valence-electron chi connectivity index (χ2n) is 4.84. The summed E-state index contributed by atoms with van der Waals surface area (Å²) in [5, 5.41) is 6.02. The van der Waals surface area contributed by atoms with Gasteiger partial charge < -0.3 is 20.1 Å². The van der Waals surface area contributed by atoms with Gasteiger partial charge in [-0.2, -0.15) is 0 Å². The van der Waals surface area contributed by atoms with Crippen molar-refractivity contribution in [1.82, 2.24) is 10.6 Å². The van der Waals surface area contributed by atoms with E-state index in [9.17, 15) is 4.79 Å². The van der Waals surface area contributed by atoms with Gasteiger partial charge in [0.25, 0.3) is 0 Å². The summed E-state index contributed by atoms with van der Waals surface area (Å²) < 4.78 is 10.9. The van der Waals surface area contributed by atoms with Gasteiger partial charge in [-0.3, -0.25) is 4.79 Å². The van der Waals surface area contributed by atoms with Crippen LogP contribution in [0.15, 0.2) is 24.3 Å². The van der Waals surface area contributed by atoms with E-state index in [-0.39, 0.29) is 11.9 Å². The van der Waals surface area contributed by atoms with E-state index in [0.29, 0.717) is 26.4 Å². The summed E-state index contributed by atoms with van der Waals surface area (Å²) in [5.41, 5.74) is 1.13. The Morgan fingerprint density at radius 1 is 1.50 bits per heavy atom. The Bertz CT molecular complexity index is 431. The lowest BCUT2D eigenvalue weighted by molar-refractivity contribution is -0.125. The molecule has 110 valence electrons. The Kier molecular flexibility index (Phi) is 5.83. The van der Waals surface area contributed by atoms with Crippen LogP contribution < -0.4 is 15.4 Å². The van der Waals surface area contributed by atoms with Gasteiger partial charge in [-0.25, -0.2) is 0 Å². The van der Waals surface area contributed by atoms with Crippen LogP contribution in [-0.4, -0.2) is 44.9 Å². The molecule has 2 rings (SSSR count). The van der Waals surface area contributed by atoms with Crippen molar-refractivity contribution in [3.05, 3.63) is 29.8 Å². The minimum atomic E-state index is -0.221. The number of carbonyl (C=O) groups is 1. The number of carbonyl (C=O) groups excluding carboxylic acids is 1. The Morgan fingerprint density at radius 2 is 2.35 bits per heavy atom. The zero-order chi connectivity index (χ0) is 14.2. The molecule has 1 heterocycles. The minimum Gasteiger partial charge on any atom is -0.493 e. The molecule has 1 aliphatic rings. The number of para-hydroxylation sites is 1. The monoisotopic (exact) mass is 278 g/mol. The summed E-state index contributed by atoms with van der Waals surface area (Å²) in [7, 11) is 0. The number of benzene rings is 1. The predicted molar refractivity (Wildman–Crippen MR) is 76.9 cm³/mol. The van der Waals surface area contributed by atoms with Gasteiger partial charge in [0.1, 0.15) is 11.8 Å². The quantitative estimate of drug-likeness (QED) is 0.758. The van der Waals surface area contributed by atoms with Crippen LogP contribution in [0.1, 0.15) is 12.0 Å². The van der Waals surface area contributed by atoms with Gasteiger partial charge in [0.05, 0.1) is 19.8 Å². The average molecular weight is 278 g/mol. The Balaban J connectivity index is 1.59. The summed E-state index contributed by atoms with van der Waals surface area (Å²) in [5.74, 6) is 0.904. The van der Waals surface area contributed by atoms with Crippen molar-refractivity contribution in [2.45, 2.75) is 19.4 Å². The van der Waals surface area contributed by atoms with Gasteiger partial charge in [0.2, 0.25) is 5.91 Å². The van der Waals surface area contributed by atoms with E-state index < -0.39 is 0 Å². The lowest BCUT2D eigenvalue weighted by atomic mass is 10.2. The lowest BCUT2D eigenvalue weighted by Crippen LogP contribution is -2.51. The third-order valence-electron chi connectivity index (χ3n) is 3.21. The standard InChI is InChI=1S/C15H22N2O3/c1-12-5-2-3-6-14(12)20-9-4-7-17-15(18)13-11-19-10-8-16-13/h2-3,5-6,13,16H,4,7-11H2,1H3,(H,17,18)/t13-/m1/s1. The van der Waals surface area contributed by atoms with Crippen molar-refractivity contribution in [2.24, 2.45) is 0 Å². The van der Waals surface area contributed by atoms with E-state index >= 15 is 0 Å². The lowest BCUT2D eigenvalue weighted by Gasteiger charge is -2.22. The van der Waals surface area contributed by atoms with Gasteiger partial charge >= 0.3 is 0 Å². The minimum absolute atomic E-state index is 0.000548. The number of ether oxygens (including phenoxy) is 2. The summed E-state index contributed by atoms with van der Waals surface area (Å²) in [6, 6.07) is 7.70. The van der Waals surface area contributed by atoms with Crippen molar-refractivity contribution < 1.29 is 14.3 Å². The van der Waals surface area contributed by atoms with Gasteiger partial charge in [0, 0.05) is 13.1 Å². The number of hydrogen-bond donors (Lipinski definition) is 2. The highest BCUT2D eigenvalue weighted by Gasteiger charge is 2.20. The molecule has 0 aliphatic carbocycles. The van der Waals surface area contributed by atoms with Crippen LogP contribution in [-0.2, 0) is 9.53 Å². The number of nitrogens with one attached hydrogen (secondary N) is 2. The molecule has 0 unspecified atom stereocenters. The van der Waals surface area contributed by atoms with Crippen LogP contribution >= 0.6 is 0 Å². The fourth-order valence-corrected chi connectivity index (χ4v) is 2.04. The molecule has 5 nitrogen and oxygen atoms in total. The Labute approximate surface area is 119 Å². The van der Waals surface area contributed by atoms with Crippen molar-refractivity contribution >= 4 is 5.91 Å². The second kappa shape index (κ2) is 7.87. The fraction of sp³-hybridized carbons (Fsp3) is 0.533. The normalized spacial score (nSPS) is 18.6. The van der Waals surface area contributed by atoms with Crippen LogP contribution in [0.3, 0.4) is 0 Å². The maximum Gasteiger partial charge on any atom is 0.239 e. The van der Waals surface area contributed by atoms with E-state index in [1.165, 1.54) is 0 Å². The molecule has 0 spiro atoms. The SMILES string of the molecule is Cc1ccccc1OCCCNC(=O)[C@H]1COCCN1. The number of morpholine rings is 1. The van der Waals surface area contributed by atoms with Gasteiger partial charge in [-0.1, -0.05) is 18.2 Å². The van der Waals surface area contributed by atoms with Gasteiger partial charge in [-0.05, 0) is 25.0 Å². The van der Waals surface area contributed by atoms with Gasteiger partial charge in [0.15, 0.2) is 0 Å². The van der Waals surface area contributed by atoms with Crippen LogP contribution in [0.2, 0.25) is 0 Å². The van der Waals surface area contributed by atoms with Gasteiger partial charge in [-0.15, -0.1) is 0 Å². The predicted octanol–water partition coefficient (Wildman–Crippen LogP) is 0.869. The van der Waals surface area contributed by atoms with E-state index in [2.05, 4.69) is 10.6 Å². The largest absolute Gasteiger partial charge is 0.493 e. The first-order chi connectivity index (χ1) is 9.77. The first-order valence-corrected chi connectivity index (χ1v) is 7.04. The summed E-state index contributed by atoms with van der Waals surface area (Å²) in [4.78, 5) is 11.8. The van der Waals surface area contributed by atoms with Crippen molar-refractivity contribution in [3.8, 4) is 5.75 Å². The molecule has 1 aromatic carbocycles. The molecule has 1 aromatic rings. The van der Waals surface area contributed by atoms with Crippen LogP contribution in [0.5, 0.6) is 5.75 Å². The van der Waals surface area contributed by atoms with Crippen molar-refractivity contribution in [2.75, 3.05) is 32.9 Å². The van der Waals surface area contributed by atoms with Crippen molar-refractivity contribution in [3.63, 3.8) is 0 Å². The molecule has 0 radical (unpaired) electrons. The summed E-state index contributed by atoms with van der Waals surface area (Å²) >= 11 is 0. The molecule has 2 N–H and O–H groups in total. The highest BCUT2D eigenvalue weighted by Crippen LogP contribution is 2.15. The second-order valence-corrected chi connectivity index (χ2v) is 4.84. The van der Waals surface area contributed by atoms with E-state index in [1.54, 1.807) is 0 Å². The summed E-state index contributed by atoms with van der Waals surface area (Å²) in [6.45, 7) is 5.09. The van der Waals surface area contributed by atoms with E-state index in [1.807, 2.05) is 31.2 Å². The highest BCUT2D eigenvalue weighted by atomic mass is 16.5. The molecule has 1 atom stereocenters. The molecule has 0 aromatic heterocycles. The molecule has 0 bridgehead atoms. The Hall–Kier alpha value is -1.59. The molecule has 20 heavy (non-hydrogen) atoms. The molecule has 1 saturated heterocycles. The van der Waals surface area contributed by atoms with E-state index in [4.69, 9.17) is 9.47 Å². The third kappa shape index (κ3) is 4.51. The molecular formula is C15H22N2O3. The zero-order valence-electron chi connectivity index (χ0n) is 11.9. The zero-order valence-corrected chi connectivity index (χ0v) is 11.9. The van der Waals surface area contributed by atoms with E-state index in [0.717, 1.165) is 24.3 Å². The third-order valence-corrected chi connectivity index (χ3v) is 3.21. The van der Waals surface area contributed by atoms with Crippen LogP contribution in [0.25, 0.3) is 0 Å². The summed E-state index contributed by atoms with van der Waals surface area (Å²) in [6.07, 6.45) is 0.785. The fourth-order valence-electron chi connectivity index (χ4n) is 2.04. The molecule has 1 amide bonds. The number of amides is 1. The highest BCUT2D eigenvalue weighted by molar-refractivity contribution is 5.81. The maximum absolute atomic E-state index is 11.8. The van der Waals surface area contributed by atoms with Crippen LogP contribution in [0.4, 0.5) is 0 Å². The number of rotatable bonds is 6. The van der Waals surface area contributed by atoms with Crippen LogP contribution in [0, 0.1) is 6.92 Å². The average Bonchev–Trinajstić information content (AvgIpc) is 2.49. The molecule has 1 aliphatic heterocycles. The maximum atomic E-state index is 11.8. The first-order valence-electron chi connectivity index (χ1n) is 7.04. The number of aryl methyl sites for hydroxylation is 1. The molecule has 1 fully saturated rings. The smallest absolute Gasteiger partial charge is 0.239 e. The van der Waals surface area contributed by atoms with Crippen molar-refractivity contribution in [1.29, 1.82) is 0 Å².